The van der Waals surface area contributed by atoms with Gasteiger partial charge in [0.15, 0.2) is 5.17 Å². The van der Waals surface area contributed by atoms with E-state index in [1.54, 1.807) is 11.8 Å². The number of hydrogen-bond donors (Lipinski definition) is 1. The van der Waals surface area contributed by atoms with Gasteiger partial charge in [-0.1, -0.05) is 25.6 Å². The highest BCUT2D eigenvalue weighted by atomic mass is 32.2. The lowest BCUT2D eigenvalue weighted by Crippen LogP contribution is -2.12. The Kier molecular flexibility index (Phi) is 4.08. The summed E-state index contributed by atoms with van der Waals surface area (Å²) in [6.45, 7) is 4.21. The molecule has 2 nitrogen and oxygen atoms in total. The number of nitrogens with one attached hydrogen (secondary N) is 1. The largest absolute Gasteiger partial charge is 0.416 e. The topological polar surface area (TPSA) is 24.4 Å². The number of thioether (sulfide) groups is 1. The van der Waals surface area contributed by atoms with Crippen LogP contribution in [0.15, 0.2) is 29.3 Å². The van der Waals surface area contributed by atoms with Crippen LogP contribution >= 0.6 is 11.8 Å². The predicted molar refractivity (Wildman–Crippen MR) is 73.6 cm³/mol. The van der Waals surface area contributed by atoms with Crippen LogP contribution in [0.25, 0.3) is 0 Å². The molecular weight excluding hydrogens is 273 g/mol. The molecule has 0 aliphatic carbocycles. The molecule has 0 unspecified atom stereocenters. The number of hydrogen-bond acceptors (Lipinski definition) is 3. The molecule has 1 aliphatic rings. The Morgan fingerprint density at radius 2 is 1.89 bits per heavy atom. The van der Waals surface area contributed by atoms with E-state index < -0.39 is 11.7 Å². The molecule has 1 aromatic carbocycles. The highest BCUT2D eigenvalue weighted by Crippen LogP contribution is 2.30. The molecule has 0 bridgehead atoms. The molecule has 1 N–H and O–H groups in total. The lowest BCUT2D eigenvalue weighted by molar-refractivity contribution is -0.137. The van der Waals surface area contributed by atoms with Gasteiger partial charge in [0.1, 0.15) is 0 Å². The molecule has 0 spiro atoms. The first-order valence-corrected chi connectivity index (χ1v) is 6.99. The normalized spacial score (nSPS) is 19.7. The molecule has 2 rings (SSSR count). The Bertz CT molecular complexity index is 466. The van der Waals surface area contributed by atoms with Crippen molar-refractivity contribution in [2.45, 2.75) is 26.1 Å². The fourth-order valence-corrected chi connectivity index (χ4v) is 2.85. The fourth-order valence-electron chi connectivity index (χ4n) is 1.67. The Balaban J connectivity index is 2.03. The number of nitrogens with zero attached hydrogens (tertiary/aromatic N) is 1. The van der Waals surface area contributed by atoms with Crippen LogP contribution in [-0.4, -0.2) is 17.0 Å². The van der Waals surface area contributed by atoms with Crippen LogP contribution in [-0.2, 0) is 6.18 Å². The van der Waals surface area contributed by atoms with Gasteiger partial charge < -0.3 is 5.32 Å². The SMILES string of the molecule is CC(C)[C@H]1CSC(Nc2ccc(C(F)(F)F)cc2)=N1. The zero-order valence-electron chi connectivity index (χ0n) is 10.7. The molecule has 1 aromatic rings. The third-order valence-corrected chi connectivity index (χ3v) is 3.90. The highest BCUT2D eigenvalue weighted by molar-refractivity contribution is 8.14. The number of alkyl halides is 3. The van der Waals surface area contributed by atoms with E-state index in [0.717, 1.165) is 23.1 Å². The van der Waals surface area contributed by atoms with E-state index in [1.807, 2.05) is 0 Å². The smallest absolute Gasteiger partial charge is 0.335 e. The Hall–Kier alpha value is -1.17. The minimum Gasteiger partial charge on any atom is -0.335 e. The van der Waals surface area contributed by atoms with Crippen LogP contribution in [0, 0.1) is 5.92 Å². The zero-order valence-corrected chi connectivity index (χ0v) is 11.5. The van der Waals surface area contributed by atoms with Crippen molar-refractivity contribution < 1.29 is 13.2 Å². The summed E-state index contributed by atoms with van der Waals surface area (Å²) in [5.41, 5.74) is -0.0113. The second kappa shape index (κ2) is 5.45. The zero-order chi connectivity index (χ0) is 14.0. The number of halogens is 3. The summed E-state index contributed by atoms with van der Waals surface area (Å²) in [7, 11) is 0. The van der Waals surface area contributed by atoms with E-state index in [0.29, 0.717) is 11.6 Å². The van der Waals surface area contributed by atoms with Crippen LogP contribution in [0.2, 0.25) is 0 Å². The van der Waals surface area contributed by atoms with Gasteiger partial charge in [-0.2, -0.15) is 13.2 Å². The minimum atomic E-state index is -4.29. The molecule has 0 aromatic heterocycles. The van der Waals surface area contributed by atoms with Crippen molar-refractivity contribution >= 4 is 22.6 Å². The quantitative estimate of drug-likeness (QED) is 0.880. The summed E-state index contributed by atoms with van der Waals surface area (Å²) in [4.78, 5) is 4.50. The van der Waals surface area contributed by atoms with Crippen molar-refractivity contribution in [1.82, 2.24) is 0 Å². The van der Waals surface area contributed by atoms with E-state index in [-0.39, 0.29) is 6.04 Å². The summed E-state index contributed by atoms with van der Waals surface area (Å²) in [6.07, 6.45) is -4.29. The van der Waals surface area contributed by atoms with Crippen molar-refractivity contribution in [1.29, 1.82) is 0 Å². The van der Waals surface area contributed by atoms with Gasteiger partial charge in [0.05, 0.1) is 11.6 Å². The lowest BCUT2D eigenvalue weighted by atomic mass is 10.1. The number of rotatable bonds is 2. The van der Waals surface area contributed by atoms with E-state index in [9.17, 15) is 13.2 Å². The molecule has 0 saturated heterocycles. The van der Waals surface area contributed by atoms with Gasteiger partial charge in [-0.25, -0.2) is 0 Å². The molecule has 0 fully saturated rings. The average molecular weight is 288 g/mol. The molecule has 1 heterocycles. The first-order chi connectivity index (χ1) is 8.86. The molecule has 104 valence electrons. The van der Waals surface area contributed by atoms with E-state index in [2.05, 4.69) is 24.2 Å². The second-order valence-electron chi connectivity index (χ2n) is 4.76. The van der Waals surface area contributed by atoms with Crippen LogP contribution in [0.1, 0.15) is 19.4 Å². The standard InChI is InChI=1S/C13H15F3N2S/c1-8(2)11-7-19-12(18-11)17-10-5-3-9(4-6-10)13(14,15)16/h3-6,8,11H,7H2,1-2H3,(H,17,18)/t11-/m1/s1. The molecule has 0 amide bonds. The van der Waals surface area contributed by atoms with Gasteiger partial charge in [0.2, 0.25) is 0 Å². The first kappa shape index (κ1) is 14.2. The summed E-state index contributed by atoms with van der Waals surface area (Å²) in [6, 6.07) is 5.27. The Labute approximate surface area is 114 Å². The number of benzene rings is 1. The number of anilines is 1. The summed E-state index contributed by atoms with van der Waals surface area (Å²) in [5, 5.41) is 3.83. The van der Waals surface area contributed by atoms with Crippen LogP contribution in [0.5, 0.6) is 0 Å². The summed E-state index contributed by atoms with van der Waals surface area (Å²) >= 11 is 1.60. The van der Waals surface area contributed by atoms with Crippen molar-refractivity contribution in [3.05, 3.63) is 29.8 Å². The van der Waals surface area contributed by atoms with Crippen molar-refractivity contribution in [3.8, 4) is 0 Å². The summed E-state index contributed by atoms with van der Waals surface area (Å²) in [5.74, 6) is 1.39. The van der Waals surface area contributed by atoms with Crippen LogP contribution in [0.3, 0.4) is 0 Å². The predicted octanol–water partition coefficient (Wildman–Crippen LogP) is 4.24. The maximum absolute atomic E-state index is 12.4. The van der Waals surface area contributed by atoms with E-state index in [1.165, 1.54) is 12.1 Å². The second-order valence-corrected chi connectivity index (χ2v) is 5.77. The third-order valence-electron chi connectivity index (χ3n) is 2.91. The Morgan fingerprint density at radius 3 is 2.37 bits per heavy atom. The van der Waals surface area contributed by atoms with Crippen molar-refractivity contribution in [2.75, 3.05) is 11.1 Å². The van der Waals surface area contributed by atoms with Gasteiger partial charge in [-0.05, 0) is 30.2 Å². The minimum absolute atomic E-state index is 0.280. The molecule has 0 saturated carbocycles. The number of amidine groups is 1. The van der Waals surface area contributed by atoms with Crippen molar-refractivity contribution in [2.24, 2.45) is 10.9 Å². The molecule has 6 heteroatoms. The van der Waals surface area contributed by atoms with Gasteiger partial charge >= 0.3 is 6.18 Å². The van der Waals surface area contributed by atoms with Crippen molar-refractivity contribution in [3.63, 3.8) is 0 Å². The maximum Gasteiger partial charge on any atom is 0.416 e. The van der Waals surface area contributed by atoms with Gasteiger partial charge in [0, 0.05) is 11.4 Å². The van der Waals surface area contributed by atoms with Crippen LogP contribution in [0.4, 0.5) is 18.9 Å². The molecule has 1 atom stereocenters. The molecule has 19 heavy (non-hydrogen) atoms. The maximum atomic E-state index is 12.4. The van der Waals surface area contributed by atoms with Gasteiger partial charge in [-0.15, -0.1) is 0 Å². The number of aliphatic imine (C=N–C) groups is 1. The highest BCUT2D eigenvalue weighted by Gasteiger charge is 2.30. The molecule has 0 radical (unpaired) electrons. The van der Waals surface area contributed by atoms with E-state index in [4.69, 9.17) is 0 Å². The average Bonchev–Trinajstić information content (AvgIpc) is 2.77. The molecule has 1 aliphatic heterocycles. The summed E-state index contributed by atoms with van der Waals surface area (Å²) < 4.78 is 37.2. The van der Waals surface area contributed by atoms with E-state index >= 15 is 0 Å². The third kappa shape index (κ3) is 3.65. The lowest BCUT2D eigenvalue weighted by Gasteiger charge is -2.09. The monoisotopic (exact) mass is 288 g/mol. The van der Waals surface area contributed by atoms with Crippen LogP contribution < -0.4 is 5.32 Å². The Morgan fingerprint density at radius 1 is 1.26 bits per heavy atom. The van der Waals surface area contributed by atoms with Gasteiger partial charge in [-0.3, -0.25) is 4.99 Å². The molecular formula is C13H15F3N2S. The first-order valence-electron chi connectivity index (χ1n) is 6.01. The fraction of sp³-hybridized carbons (Fsp3) is 0.462. The van der Waals surface area contributed by atoms with Gasteiger partial charge in [0.25, 0.3) is 0 Å².